The Morgan fingerprint density at radius 1 is 1.10 bits per heavy atom. The third-order valence-corrected chi connectivity index (χ3v) is 5.55. The zero-order valence-corrected chi connectivity index (χ0v) is 17.9. The number of halogens is 2. The molecule has 160 valence electrons. The summed E-state index contributed by atoms with van der Waals surface area (Å²) in [5.41, 5.74) is -0.809. The Hall–Kier alpha value is -2.64. The molecule has 1 heterocycles. The molecule has 2 N–H and O–H groups in total. The normalized spacial score (nSPS) is 14.6. The molecule has 0 bridgehead atoms. The van der Waals surface area contributed by atoms with Crippen molar-refractivity contribution in [2.24, 2.45) is 5.41 Å². The Bertz CT molecular complexity index is 914. The second-order valence-corrected chi connectivity index (χ2v) is 7.87. The Labute approximate surface area is 184 Å². The van der Waals surface area contributed by atoms with Crippen LogP contribution >= 0.6 is 23.2 Å². The molecule has 2 aromatic rings. The van der Waals surface area contributed by atoms with Crippen molar-refractivity contribution in [1.29, 1.82) is 0 Å². The van der Waals surface area contributed by atoms with Crippen molar-refractivity contribution >= 4 is 40.9 Å². The van der Waals surface area contributed by atoms with E-state index < -0.39 is 17.4 Å². The number of carbonyl (C=O) groups is 2. The third-order valence-electron chi connectivity index (χ3n) is 4.73. The number of amides is 2. The SMILES string of the molecule is CCCOc1ccc(OCC2(C(=O)O)CN(C(=O)Nc3cccc(Cl)c3Cl)C2)cc1. The number of nitrogens with zero attached hydrogens (tertiary/aromatic N) is 1. The molecule has 3 rings (SSSR count). The van der Waals surface area contributed by atoms with Crippen LogP contribution in [0, 0.1) is 5.41 Å². The zero-order chi connectivity index (χ0) is 21.7. The van der Waals surface area contributed by atoms with Crippen molar-refractivity contribution < 1.29 is 24.2 Å². The largest absolute Gasteiger partial charge is 0.494 e. The Kier molecular flexibility index (Phi) is 6.95. The lowest BCUT2D eigenvalue weighted by molar-refractivity contribution is -0.160. The molecule has 1 fully saturated rings. The fraction of sp³-hybridized carbons (Fsp3) is 0.333. The second kappa shape index (κ2) is 9.45. The van der Waals surface area contributed by atoms with Crippen LogP contribution in [0.4, 0.5) is 10.5 Å². The van der Waals surface area contributed by atoms with Gasteiger partial charge in [-0.3, -0.25) is 4.79 Å². The van der Waals surface area contributed by atoms with Crippen LogP contribution in [-0.2, 0) is 4.79 Å². The Morgan fingerprint density at radius 3 is 2.33 bits per heavy atom. The standard InChI is InChI=1S/C21H22Cl2N2O5/c1-2-10-29-14-6-8-15(9-7-14)30-13-21(19(26)27)11-25(12-21)20(28)24-17-5-3-4-16(22)18(17)23/h3-9H,2,10-13H2,1H3,(H,24,28)(H,26,27). The van der Waals surface area contributed by atoms with E-state index in [9.17, 15) is 14.7 Å². The van der Waals surface area contributed by atoms with E-state index >= 15 is 0 Å². The van der Waals surface area contributed by atoms with Crippen molar-refractivity contribution in [2.75, 3.05) is 31.6 Å². The molecule has 0 radical (unpaired) electrons. The number of anilines is 1. The van der Waals surface area contributed by atoms with Crippen molar-refractivity contribution in [3.63, 3.8) is 0 Å². The lowest BCUT2D eigenvalue weighted by Crippen LogP contribution is -2.65. The molecule has 0 atom stereocenters. The quantitative estimate of drug-likeness (QED) is 0.601. The highest BCUT2D eigenvalue weighted by molar-refractivity contribution is 6.43. The number of ether oxygens (including phenoxy) is 2. The summed E-state index contributed by atoms with van der Waals surface area (Å²) in [4.78, 5) is 25.6. The molecule has 9 heteroatoms. The van der Waals surface area contributed by atoms with Crippen molar-refractivity contribution in [3.8, 4) is 11.5 Å². The summed E-state index contributed by atoms with van der Waals surface area (Å²) in [5.74, 6) is 0.242. The number of carboxylic acids is 1. The summed E-state index contributed by atoms with van der Waals surface area (Å²) in [6, 6.07) is 11.4. The molecule has 2 amide bonds. The number of aliphatic carboxylic acids is 1. The number of carboxylic acid groups (broad SMARTS) is 1. The predicted octanol–water partition coefficient (Wildman–Crippen LogP) is 4.78. The molecule has 1 aliphatic heterocycles. The number of hydrogen-bond acceptors (Lipinski definition) is 4. The fourth-order valence-electron chi connectivity index (χ4n) is 2.98. The second-order valence-electron chi connectivity index (χ2n) is 7.08. The number of nitrogens with one attached hydrogen (secondary N) is 1. The first kappa shape index (κ1) is 22.1. The molecule has 7 nitrogen and oxygen atoms in total. The van der Waals surface area contributed by atoms with E-state index in [0.717, 1.165) is 12.2 Å². The van der Waals surface area contributed by atoms with Crippen molar-refractivity contribution in [1.82, 2.24) is 4.90 Å². The van der Waals surface area contributed by atoms with Crippen LogP contribution in [0.15, 0.2) is 42.5 Å². The minimum Gasteiger partial charge on any atom is -0.494 e. The molecular formula is C21H22Cl2N2O5. The zero-order valence-electron chi connectivity index (χ0n) is 16.4. The third kappa shape index (κ3) is 4.91. The maximum absolute atomic E-state index is 12.4. The van der Waals surface area contributed by atoms with Gasteiger partial charge in [0.1, 0.15) is 23.5 Å². The summed E-state index contributed by atoms with van der Waals surface area (Å²) in [7, 11) is 0. The molecular weight excluding hydrogens is 431 g/mol. The van der Waals surface area contributed by atoms with Crippen LogP contribution in [0.3, 0.4) is 0 Å². The van der Waals surface area contributed by atoms with E-state index in [-0.39, 0.29) is 24.7 Å². The van der Waals surface area contributed by atoms with Gasteiger partial charge < -0.3 is 24.8 Å². The van der Waals surface area contributed by atoms with Gasteiger partial charge in [0.25, 0.3) is 0 Å². The van der Waals surface area contributed by atoms with Gasteiger partial charge in [0.15, 0.2) is 0 Å². The van der Waals surface area contributed by atoms with Crippen LogP contribution in [0.2, 0.25) is 10.0 Å². The number of carbonyl (C=O) groups excluding carboxylic acids is 1. The van der Waals surface area contributed by atoms with Crippen molar-refractivity contribution in [3.05, 3.63) is 52.5 Å². The molecule has 0 spiro atoms. The lowest BCUT2D eigenvalue weighted by atomic mass is 9.81. The molecule has 0 unspecified atom stereocenters. The first-order valence-electron chi connectivity index (χ1n) is 9.43. The van der Waals surface area contributed by atoms with E-state index in [0.29, 0.717) is 23.1 Å². The summed E-state index contributed by atoms with van der Waals surface area (Å²) >= 11 is 12.0. The summed E-state index contributed by atoms with van der Waals surface area (Å²) < 4.78 is 11.2. The van der Waals surface area contributed by atoms with Gasteiger partial charge in [-0.15, -0.1) is 0 Å². The predicted molar refractivity (Wildman–Crippen MR) is 115 cm³/mol. The molecule has 30 heavy (non-hydrogen) atoms. The number of urea groups is 1. The van der Waals surface area contributed by atoms with Crippen molar-refractivity contribution in [2.45, 2.75) is 13.3 Å². The van der Waals surface area contributed by atoms with E-state index in [1.807, 2.05) is 6.92 Å². The first-order chi connectivity index (χ1) is 14.3. The minimum absolute atomic E-state index is 0.0179. The van der Waals surface area contributed by atoms with Crippen LogP contribution < -0.4 is 14.8 Å². The minimum atomic E-state index is -1.17. The lowest BCUT2D eigenvalue weighted by Gasteiger charge is -2.46. The van der Waals surface area contributed by atoms with E-state index in [2.05, 4.69) is 5.32 Å². The van der Waals surface area contributed by atoms with Gasteiger partial charge in [-0.05, 0) is 42.8 Å². The fourth-order valence-corrected chi connectivity index (χ4v) is 3.33. The van der Waals surface area contributed by atoms with Gasteiger partial charge in [-0.1, -0.05) is 36.2 Å². The molecule has 1 aliphatic rings. The van der Waals surface area contributed by atoms with E-state index in [1.54, 1.807) is 42.5 Å². The number of likely N-dealkylation sites (tertiary alicyclic amines) is 1. The van der Waals surface area contributed by atoms with Gasteiger partial charge in [-0.2, -0.15) is 0 Å². The summed E-state index contributed by atoms with van der Waals surface area (Å²) in [6.45, 7) is 2.63. The van der Waals surface area contributed by atoms with Gasteiger partial charge in [0.2, 0.25) is 0 Å². The van der Waals surface area contributed by atoms with Crippen LogP contribution in [-0.4, -0.2) is 48.3 Å². The Morgan fingerprint density at radius 2 is 1.73 bits per heavy atom. The van der Waals surface area contributed by atoms with Gasteiger partial charge in [-0.25, -0.2) is 4.79 Å². The van der Waals surface area contributed by atoms with Crippen LogP contribution in [0.1, 0.15) is 13.3 Å². The maximum atomic E-state index is 12.4. The Balaban J connectivity index is 1.56. The number of hydrogen-bond donors (Lipinski definition) is 2. The molecule has 0 saturated carbocycles. The summed E-state index contributed by atoms with van der Waals surface area (Å²) in [6.07, 6.45) is 0.910. The molecule has 0 aromatic heterocycles. The summed E-state index contributed by atoms with van der Waals surface area (Å²) in [5, 5.41) is 12.9. The average molecular weight is 453 g/mol. The smallest absolute Gasteiger partial charge is 0.321 e. The molecule has 2 aromatic carbocycles. The first-order valence-corrected chi connectivity index (χ1v) is 10.2. The molecule has 1 saturated heterocycles. The topological polar surface area (TPSA) is 88.1 Å². The number of benzene rings is 2. The van der Waals surface area contributed by atoms with Crippen LogP contribution in [0.5, 0.6) is 11.5 Å². The van der Waals surface area contributed by atoms with Crippen LogP contribution in [0.25, 0.3) is 0 Å². The van der Waals surface area contributed by atoms with Gasteiger partial charge in [0, 0.05) is 13.1 Å². The van der Waals surface area contributed by atoms with E-state index in [4.69, 9.17) is 32.7 Å². The highest BCUT2D eigenvalue weighted by Gasteiger charge is 2.52. The van der Waals surface area contributed by atoms with Gasteiger partial charge >= 0.3 is 12.0 Å². The van der Waals surface area contributed by atoms with E-state index in [1.165, 1.54) is 4.90 Å². The highest BCUT2D eigenvalue weighted by atomic mass is 35.5. The highest BCUT2D eigenvalue weighted by Crippen LogP contribution is 2.34. The number of rotatable bonds is 8. The maximum Gasteiger partial charge on any atom is 0.321 e. The average Bonchev–Trinajstić information content (AvgIpc) is 2.69. The van der Waals surface area contributed by atoms with Gasteiger partial charge in [0.05, 0.1) is 22.3 Å². The molecule has 0 aliphatic carbocycles. The monoisotopic (exact) mass is 452 g/mol.